The zero-order valence-electron chi connectivity index (χ0n) is 18.7. The van der Waals surface area contributed by atoms with Crippen molar-refractivity contribution >= 4 is 51.6 Å². The molecule has 4 rings (SSSR count). The van der Waals surface area contributed by atoms with E-state index in [1.54, 1.807) is 12.1 Å². The van der Waals surface area contributed by atoms with E-state index in [0.29, 0.717) is 26.3 Å². The molecule has 7 nitrogen and oxygen atoms in total. The van der Waals surface area contributed by atoms with Crippen LogP contribution in [0.5, 0.6) is 0 Å². The van der Waals surface area contributed by atoms with Gasteiger partial charge in [0.2, 0.25) is 5.91 Å². The number of nitrogens with zero attached hydrogens (tertiary/aromatic N) is 3. The first-order chi connectivity index (χ1) is 16.4. The van der Waals surface area contributed by atoms with Gasteiger partial charge in [-0.3, -0.25) is 4.79 Å². The van der Waals surface area contributed by atoms with Crippen molar-refractivity contribution in [3.8, 4) is 22.5 Å². The van der Waals surface area contributed by atoms with Crippen LogP contribution in [0.2, 0.25) is 5.02 Å². The Balaban J connectivity index is 1.49. The van der Waals surface area contributed by atoms with Crippen LogP contribution in [0.25, 0.3) is 22.5 Å². The Labute approximate surface area is 210 Å². The van der Waals surface area contributed by atoms with E-state index < -0.39 is 5.97 Å². The fraction of sp³-hybridized carbons (Fsp3) is 0.167. The first-order valence-corrected chi connectivity index (χ1v) is 12.5. The molecule has 0 aliphatic heterocycles. The number of thiophene rings is 1. The maximum absolute atomic E-state index is 12.7. The van der Waals surface area contributed by atoms with Gasteiger partial charge in [-0.2, -0.15) is 0 Å². The van der Waals surface area contributed by atoms with Crippen LogP contribution in [-0.2, 0) is 16.6 Å². The number of rotatable bonds is 7. The highest BCUT2D eigenvalue weighted by Crippen LogP contribution is 2.37. The van der Waals surface area contributed by atoms with Crippen LogP contribution in [-0.4, -0.2) is 39.5 Å². The lowest BCUT2D eigenvalue weighted by Gasteiger charge is -2.08. The normalized spacial score (nSPS) is 10.8. The Hall–Kier alpha value is -3.14. The summed E-state index contributed by atoms with van der Waals surface area (Å²) in [5.41, 5.74) is 3.88. The number of methoxy groups -OCH3 is 1. The third-order valence-electron chi connectivity index (χ3n) is 5.14. The third-order valence-corrected chi connectivity index (χ3v) is 7.31. The number of esters is 1. The van der Waals surface area contributed by atoms with E-state index in [1.807, 2.05) is 60.3 Å². The molecule has 4 aromatic rings. The monoisotopic (exact) mass is 512 g/mol. The molecule has 0 saturated carbocycles. The average Bonchev–Trinajstić information content (AvgIpc) is 3.41. The van der Waals surface area contributed by atoms with Crippen molar-refractivity contribution in [1.82, 2.24) is 14.8 Å². The molecule has 10 heteroatoms. The Morgan fingerprint density at radius 3 is 2.56 bits per heavy atom. The summed E-state index contributed by atoms with van der Waals surface area (Å²) in [5.74, 6) is 0.0550. The molecule has 0 radical (unpaired) electrons. The van der Waals surface area contributed by atoms with Crippen LogP contribution in [0.1, 0.15) is 15.9 Å². The van der Waals surface area contributed by atoms with Crippen LogP contribution in [0, 0.1) is 6.92 Å². The molecular weight excluding hydrogens is 492 g/mol. The molecule has 0 bridgehead atoms. The van der Waals surface area contributed by atoms with E-state index in [2.05, 4.69) is 15.5 Å². The van der Waals surface area contributed by atoms with Crippen LogP contribution in [0.15, 0.2) is 59.1 Å². The van der Waals surface area contributed by atoms with Gasteiger partial charge in [0.05, 0.1) is 12.9 Å². The number of thioether (sulfide) groups is 1. The highest BCUT2D eigenvalue weighted by molar-refractivity contribution is 7.99. The predicted octanol–water partition coefficient (Wildman–Crippen LogP) is 5.69. The minimum atomic E-state index is -0.523. The maximum atomic E-state index is 12.7. The Morgan fingerprint density at radius 1 is 1.12 bits per heavy atom. The summed E-state index contributed by atoms with van der Waals surface area (Å²) >= 11 is 8.52. The molecule has 0 spiro atoms. The first kappa shape index (κ1) is 24.0. The molecule has 0 unspecified atom stereocenters. The van der Waals surface area contributed by atoms with Gasteiger partial charge >= 0.3 is 5.97 Å². The van der Waals surface area contributed by atoms with Gasteiger partial charge < -0.3 is 14.6 Å². The number of carbonyl (C=O) groups excluding carboxylic acids is 2. The predicted molar refractivity (Wildman–Crippen MR) is 137 cm³/mol. The molecule has 0 saturated heterocycles. The summed E-state index contributed by atoms with van der Waals surface area (Å²) in [6.07, 6.45) is 0. The number of nitrogens with one attached hydrogen (secondary N) is 1. The van der Waals surface area contributed by atoms with Crippen molar-refractivity contribution in [3.63, 3.8) is 0 Å². The second kappa shape index (κ2) is 10.4. The number of benzene rings is 2. The summed E-state index contributed by atoms with van der Waals surface area (Å²) in [4.78, 5) is 25.2. The van der Waals surface area contributed by atoms with Gasteiger partial charge in [0.15, 0.2) is 11.0 Å². The lowest BCUT2D eigenvalue weighted by molar-refractivity contribution is -0.113. The van der Waals surface area contributed by atoms with E-state index in [0.717, 1.165) is 22.5 Å². The summed E-state index contributed by atoms with van der Waals surface area (Å²) in [6.45, 7) is 2.02. The molecule has 0 aliphatic carbocycles. The summed E-state index contributed by atoms with van der Waals surface area (Å²) < 4.78 is 6.83. The zero-order valence-corrected chi connectivity index (χ0v) is 21.1. The quantitative estimate of drug-likeness (QED) is 0.253. The fourth-order valence-electron chi connectivity index (χ4n) is 3.39. The van der Waals surface area contributed by atoms with E-state index in [9.17, 15) is 9.59 Å². The number of hydrogen-bond donors (Lipinski definition) is 1. The number of hydrogen-bond acceptors (Lipinski definition) is 7. The van der Waals surface area contributed by atoms with Crippen molar-refractivity contribution in [2.45, 2.75) is 12.1 Å². The molecule has 2 aromatic heterocycles. The van der Waals surface area contributed by atoms with Crippen molar-refractivity contribution < 1.29 is 14.3 Å². The van der Waals surface area contributed by atoms with Gasteiger partial charge in [-0.05, 0) is 30.2 Å². The van der Waals surface area contributed by atoms with Crippen LogP contribution < -0.4 is 5.32 Å². The van der Waals surface area contributed by atoms with Gasteiger partial charge in [-0.15, -0.1) is 21.5 Å². The highest BCUT2D eigenvalue weighted by Gasteiger charge is 2.23. The van der Waals surface area contributed by atoms with Crippen molar-refractivity contribution in [1.29, 1.82) is 0 Å². The van der Waals surface area contributed by atoms with Crippen LogP contribution >= 0.6 is 34.7 Å². The largest absolute Gasteiger partial charge is 0.465 e. The van der Waals surface area contributed by atoms with Gasteiger partial charge in [-0.1, -0.05) is 59.8 Å². The molecule has 0 fully saturated rings. The molecule has 34 heavy (non-hydrogen) atoms. The van der Waals surface area contributed by atoms with Gasteiger partial charge in [0.25, 0.3) is 0 Å². The summed E-state index contributed by atoms with van der Waals surface area (Å²) in [7, 11) is 3.18. The zero-order chi connectivity index (χ0) is 24.2. The summed E-state index contributed by atoms with van der Waals surface area (Å²) in [6, 6.07) is 15.1. The van der Waals surface area contributed by atoms with E-state index >= 15 is 0 Å². The van der Waals surface area contributed by atoms with Gasteiger partial charge in [0.1, 0.15) is 10.6 Å². The summed E-state index contributed by atoms with van der Waals surface area (Å²) in [5, 5.41) is 14.8. The second-order valence-corrected chi connectivity index (χ2v) is 9.63. The second-order valence-electron chi connectivity index (χ2n) is 7.37. The van der Waals surface area contributed by atoms with E-state index in [1.165, 1.54) is 30.2 Å². The SMILES string of the molecule is COC(=O)c1c(-c2ccc(Cl)cc2)csc1NC(=O)CSc1nnc(-c2ccccc2C)n1C. The number of aryl methyl sites for hydroxylation is 1. The molecule has 174 valence electrons. The Kier molecular flexibility index (Phi) is 7.35. The molecular formula is C24H21ClN4O3S2. The molecule has 0 aliphatic rings. The number of ether oxygens (including phenoxy) is 1. The average molecular weight is 513 g/mol. The molecule has 0 atom stereocenters. The maximum Gasteiger partial charge on any atom is 0.341 e. The lowest BCUT2D eigenvalue weighted by Crippen LogP contribution is -2.16. The van der Waals surface area contributed by atoms with Crippen molar-refractivity contribution in [2.75, 3.05) is 18.2 Å². The minimum Gasteiger partial charge on any atom is -0.465 e. The van der Waals surface area contributed by atoms with E-state index in [4.69, 9.17) is 16.3 Å². The van der Waals surface area contributed by atoms with E-state index in [-0.39, 0.29) is 11.7 Å². The Morgan fingerprint density at radius 2 is 1.85 bits per heavy atom. The van der Waals surface area contributed by atoms with Gasteiger partial charge in [0, 0.05) is 28.6 Å². The standard InChI is InChI=1S/C24H21ClN4O3S2/c1-14-6-4-5-7-17(14)21-27-28-24(29(21)2)34-13-19(30)26-22-20(23(31)32-3)18(12-33-22)15-8-10-16(25)11-9-15/h4-12H,13H2,1-3H3,(H,26,30). The number of anilines is 1. The van der Waals surface area contributed by atoms with Crippen molar-refractivity contribution in [3.05, 3.63) is 70.1 Å². The Bertz CT molecular complexity index is 1350. The topological polar surface area (TPSA) is 86.1 Å². The number of aromatic nitrogens is 3. The van der Waals surface area contributed by atoms with Crippen LogP contribution in [0.4, 0.5) is 5.00 Å². The molecule has 1 N–H and O–H groups in total. The fourth-order valence-corrected chi connectivity index (χ4v) is 5.20. The lowest BCUT2D eigenvalue weighted by atomic mass is 10.0. The van der Waals surface area contributed by atoms with Crippen LogP contribution in [0.3, 0.4) is 0 Å². The minimum absolute atomic E-state index is 0.106. The number of carbonyl (C=O) groups is 2. The van der Waals surface area contributed by atoms with Gasteiger partial charge in [-0.25, -0.2) is 4.79 Å². The molecule has 2 heterocycles. The smallest absolute Gasteiger partial charge is 0.341 e. The highest BCUT2D eigenvalue weighted by atomic mass is 35.5. The third kappa shape index (κ3) is 5.01. The van der Waals surface area contributed by atoms with Crippen molar-refractivity contribution in [2.24, 2.45) is 7.05 Å². The number of amides is 1. The molecule has 1 amide bonds. The first-order valence-electron chi connectivity index (χ1n) is 10.2. The molecule has 2 aromatic carbocycles. The number of halogens is 1.